The molecule has 1 saturated heterocycles. The van der Waals surface area contributed by atoms with E-state index in [9.17, 15) is 9.59 Å². The monoisotopic (exact) mass is 197 g/mol. The van der Waals surface area contributed by atoms with E-state index in [0.717, 1.165) is 32.0 Å². The van der Waals surface area contributed by atoms with Gasteiger partial charge in [-0.1, -0.05) is 0 Å². The summed E-state index contributed by atoms with van der Waals surface area (Å²) in [7, 11) is 1.97. The third kappa shape index (κ3) is 3.30. The lowest BCUT2D eigenvalue weighted by atomic mass is 9.94. The van der Waals surface area contributed by atoms with Crippen molar-refractivity contribution in [3.8, 4) is 0 Å². The minimum absolute atomic E-state index is 0.0238. The maximum Gasteiger partial charge on any atom is 0.328 e. The Morgan fingerprint density at radius 2 is 2.14 bits per heavy atom. The molecule has 0 aromatic carbocycles. The largest absolute Gasteiger partial charge is 0.478 e. The van der Waals surface area contributed by atoms with Gasteiger partial charge >= 0.3 is 5.97 Å². The zero-order chi connectivity index (χ0) is 10.6. The molecule has 0 amide bonds. The van der Waals surface area contributed by atoms with Crippen LogP contribution in [-0.4, -0.2) is 41.9 Å². The summed E-state index contributed by atoms with van der Waals surface area (Å²) in [5.74, 6) is -1.16. The molecule has 1 N–H and O–H groups in total. The van der Waals surface area contributed by atoms with Crippen molar-refractivity contribution in [1.29, 1.82) is 0 Å². The molecule has 1 unspecified atom stereocenters. The number of likely N-dealkylation sites (tertiary alicyclic amines) is 1. The van der Waals surface area contributed by atoms with Crippen LogP contribution in [0.15, 0.2) is 12.2 Å². The van der Waals surface area contributed by atoms with E-state index in [1.165, 1.54) is 6.08 Å². The molecular weight excluding hydrogens is 182 g/mol. The maximum absolute atomic E-state index is 11.5. The van der Waals surface area contributed by atoms with Gasteiger partial charge in [-0.2, -0.15) is 0 Å². The first-order chi connectivity index (χ1) is 6.59. The van der Waals surface area contributed by atoms with Crippen molar-refractivity contribution in [3.05, 3.63) is 12.2 Å². The lowest BCUT2D eigenvalue weighted by molar-refractivity contribution is -0.131. The molecule has 14 heavy (non-hydrogen) atoms. The van der Waals surface area contributed by atoms with Crippen LogP contribution in [0, 0.1) is 5.92 Å². The zero-order valence-electron chi connectivity index (χ0n) is 8.27. The number of nitrogens with zero attached hydrogens (tertiary/aromatic N) is 1. The number of carboxylic acids is 1. The van der Waals surface area contributed by atoms with Crippen molar-refractivity contribution in [2.45, 2.75) is 12.8 Å². The summed E-state index contributed by atoms with van der Waals surface area (Å²) in [6.45, 7) is 1.76. The van der Waals surface area contributed by atoms with Gasteiger partial charge in [0.25, 0.3) is 0 Å². The molecule has 1 rings (SSSR count). The second-order valence-electron chi connectivity index (χ2n) is 3.68. The SMILES string of the molecule is CN1CCCC(C(=O)/C=C/C(=O)O)C1. The van der Waals surface area contributed by atoms with Crippen molar-refractivity contribution in [2.24, 2.45) is 5.92 Å². The van der Waals surface area contributed by atoms with Gasteiger partial charge in [-0.05, 0) is 32.5 Å². The summed E-state index contributed by atoms with van der Waals surface area (Å²) in [6.07, 6.45) is 3.96. The Hall–Kier alpha value is -1.16. The number of allylic oxidation sites excluding steroid dienone is 1. The van der Waals surface area contributed by atoms with Crippen LogP contribution < -0.4 is 0 Å². The summed E-state index contributed by atoms with van der Waals surface area (Å²) in [5, 5.41) is 8.36. The lowest BCUT2D eigenvalue weighted by Gasteiger charge is -2.27. The Balaban J connectivity index is 2.47. The van der Waals surface area contributed by atoms with Crippen molar-refractivity contribution >= 4 is 11.8 Å². The second-order valence-corrected chi connectivity index (χ2v) is 3.68. The summed E-state index contributed by atoms with van der Waals surface area (Å²) in [4.78, 5) is 23.8. The Bertz CT molecular complexity index is 260. The van der Waals surface area contributed by atoms with E-state index < -0.39 is 5.97 Å². The number of carbonyl (C=O) groups excluding carboxylic acids is 1. The minimum atomic E-state index is -1.07. The van der Waals surface area contributed by atoms with Crippen molar-refractivity contribution in [3.63, 3.8) is 0 Å². The predicted octanol–water partition coefficient (Wildman–Crippen LogP) is 0.538. The standard InChI is InChI=1S/C10H15NO3/c1-11-6-2-3-8(7-11)9(12)4-5-10(13)14/h4-5,8H,2-3,6-7H2,1H3,(H,13,14)/b5-4+. The first kappa shape index (κ1) is 10.9. The van der Waals surface area contributed by atoms with E-state index in [0.29, 0.717) is 0 Å². The van der Waals surface area contributed by atoms with Crippen LogP contribution in [-0.2, 0) is 9.59 Å². The van der Waals surface area contributed by atoms with Crippen LogP contribution in [0.2, 0.25) is 0 Å². The van der Waals surface area contributed by atoms with Gasteiger partial charge < -0.3 is 10.0 Å². The highest BCUT2D eigenvalue weighted by Gasteiger charge is 2.21. The number of hydrogen-bond donors (Lipinski definition) is 1. The molecule has 1 aliphatic heterocycles. The van der Waals surface area contributed by atoms with Gasteiger partial charge in [0, 0.05) is 18.5 Å². The molecule has 4 heteroatoms. The Morgan fingerprint density at radius 3 is 2.71 bits per heavy atom. The van der Waals surface area contributed by atoms with E-state index in [4.69, 9.17) is 5.11 Å². The molecular formula is C10H15NO3. The number of hydrogen-bond acceptors (Lipinski definition) is 3. The Kier molecular flexibility index (Phi) is 3.83. The molecule has 0 aromatic rings. The third-order valence-corrected chi connectivity index (χ3v) is 2.42. The number of ketones is 1. The molecule has 1 atom stereocenters. The second kappa shape index (κ2) is 4.91. The summed E-state index contributed by atoms with van der Waals surface area (Å²) in [5.41, 5.74) is 0. The van der Waals surface area contributed by atoms with Gasteiger partial charge in [0.1, 0.15) is 0 Å². The molecule has 0 radical (unpaired) electrons. The molecule has 1 fully saturated rings. The average Bonchev–Trinajstić information content (AvgIpc) is 2.14. The van der Waals surface area contributed by atoms with E-state index in [-0.39, 0.29) is 11.7 Å². The number of piperidine rings is 1. The molecule has 1 heterocycles. The fourth-order valence-corrected chi connectivity index (χ4v) is 1.69. The molecule has 0 aromatic heterocycles. The fourth-order valence-electron chi connectivity index (χ4n) is 1.69. The van der Waals surface area contributed by atoms with E-state index in [2.05, 4.69) is 4.90 Å². The van der Waals surface area contributed by atoms with Gasteiger partial charge in [-0.25, -0.2) is 4.79 Å². The van der Waals surface area contributed by atoms with Gasteiger partial charge in [-0.3, -0.25) is 4.79 Å². The Labute approximate surface area is 83.2 Å². The molecule has 1 aliphatic rings. The van der Waals surface area contributed by atoms with Crippen molar-refractivity contribution in [1.82, 2.24) is 4.90 Å². The highest BCUT2D eigenvalue weighted by Crippen LogP contribution is 2.16. The molecule has 0 saturated carbocycles. The molecule has 4 nitrogen and oxygen atoms in total. The quantitative estimate of drug-likeness (QED) is 0.671. The highest BCUT2D eigenvalue weighted by atomic mass is 16.4. The summed E-state index contributed by atoms with van der Waals surface area (Å²) in [6, 6.07) is 0. The van der Waals surface area contributed by atoms with E-state index in [1.54, 1.807) is 0 Å². The number of aliphatic carboxylic acids is 1. The number of carboxylic acid groups (broad SMARTS) is 1. The fraction of sp³-hybridized carbons (Fsp3) is 0.600. The van der Waals surface area contributed by atoms with Crippen molar-refractivity contribution in [2.75, 3.05) is 20.1 Å². The predicted molar refractivity (Wildman–Crippen MR) is 52.0 cm³/mol. The molecule has 0 bridgehead atoms. The van der Waals surface area contributed by atoms with Crippen LogP contribution in [0.5, 0.6) is 0 Å². The van der Waals surface area contributed by atoms with E-state index >= 15 is 0 Å². The maximum atomic E-state index is 11.5. The van der Waals surface area contributed by atoms with Crippen molar-refractivity contribution < 1.29 is 14.7 Å². The average molecular weight is 197 g/mol. The molecule has 0 spiro atoms. The topological polar surface area (TPSA) is 57.6 Å². The summed E-state index contributed by atoms with van der Waals surface area (Å²) >= 11 is 0. The van der Waals surface area contributed by atoms with Gasteiger partial charge in [-0.15, -0.1) is 0 Å². The third-order valence-electron chi connectivity index (χ3n) is 2.42. The van der Waals surface area contributed by atoms with E-state index in [1.807, 2.05) is 7.05 Å². The van der Waals surface area contributed by atoms with Gasteiger partial charge in [0.15, 0.2) is 5.78 Å². The van der Waals surface area contributed by atoms with Gasteiger partial charge in [0.2, 0.25) is 0 Å². The van der Waals surface area contributed by atoms with Crippen LogP contribution in [0.1, 0.15) is 12.8 Å². The van der Waals surface area contributed by atoms with Crippen LogP contribution in [0.3, 0.4) is 0 Å². The normalized spacial score (nSPS) is 23.9. The van der Waals surface area contributed by atoms with Crippen LogP contribution in [0.4, 0.5) is 0 Å². The number of carbonyl (C=O) groups is 2. The zero-order valence-corrected chi connectivity index (χ0v) is 8.27. The number of rotatable bonds is 3. The molecule has 0 aliphatic carbocycles. The first-order valence-corrected chi connectivity index (χ1v) is 4.73. The minimum Gasteiger partial charge on any atom is -0.478 e. The van der Waals surface area contributed by atoms with Gasteiger partial charge in [0.05, 0.1) is 0 Å². The van der Waals surface area contributed by atoms with Crippen LogP contribution in [0.25, 0.3) is 0 Å². The lowest BCUT2D eigenvalue weighted by Crippen LogP contribution is -2.35. The Morgan fingerprint density at radius 1 is 1.43 bits per heavy atom. The molecule has 78 valence electrons. The highest BCUT2D eigenvalue weighted by molar-refractivity contribution is 5.96. The first-order valence-electron chi connectivity index (χ1n) is 4.73. The van der Waals surface area contributed by atoms with Crippen LogP contribution >= 0.6 is 0 Å². The smallest absolute Gasteiger partial charge is 0.328 e. The summed E-state index contributed by atoms with van der Waals surface area (Å²) < 4.78 is 0.